The molecule has 4 rings (SSSR count). The molecule has 2 aromatic carbocycles. The highest BCUT2D eigenvalue weighted by molar-refractivity contribution is 6.30. The number of nitrogens with one attached hydrogen (secondary N) is 2. The number of benzene rings is 2. The Balaban J connectivity index is 1.33. The monoisotopic (exact) mass is 515 g/mol. The van der Waals surface area contributed by atoms with E-state index in [1.54, 1.807) is 33.5 Å². The fraction of sp³-hybridized carbons (Fsp3) is 0.536. The number of piperidine rings is 1. The van der Waals surface area contributed by atoms with Crippen molar-refractivity contribution in [1.29, 1.82) is 0 Å². The van der Waals surface area contributed by atoms with Gasteiger partial charge in [0.05, 0.1) is 27.0 Å². The SMILES string of the molecule is COc1cc(NC(=O)N[C@@H]2CCCC[C@@H]2N2CCC(Cc3ccc(Cl)cc3)CC2)cc(OC)c1OC. The summed E-state index contributed by atoms with van der Waals surface area (Å²) in [5.41, 5.74) is 1.95. The minimum Gasteiger partial charge on any atom is -0.493 e. The minimum atomic E-state index is -0.209. The molecule has 0 spiro atoms. The third-order valence-corrected chi connectivity index (χ3v) is 7.78. The molecule has 7 nitrogen and oxygen atoms in total. The van der Waals surface area contributed by atoms with E-state index in [0.29, 0.717) is 34.9 Å². The summed E-state index contributed by atoms with van der Waals surface area (Å²) < 4.78 is 16.2. The van der Waals surface area contributed by atoms with Gasteiger partial charge in [0.25, 0.3) is 0 Å². The van der Waals surface area contributed by atoms with E-state index < -0.39 is 0 Å². The first-order chi connectivity index (χ1) is 17.5. The molecule has 1 saturated carbocycles. The smallest absolute Gasteiger partial charge is 0.319 e. The third kappa shape index (κ3) is 6.56. The molecule has 2 atom stereocenters. The number of urea groups is 1. The Kier molecular flexibility index (Phi) is 9.21. The van der Waals surface area contributed by atoms with Crippen molar-refractivity contribution >= 4 is 23.3 Å². The van der Waals surface area contributed by atoms with Crippen molar-refractivity contribution in [1.82, 2.24) is 10.2 Å². The Morgan fingerprint density at radius 3 is 2.19 bits per heavy atom. The summed E-state index contributed by atoms with van der Waals surface area (Å²) in [5, 5.41) is 7.01. The van der Waals surface area contributed by atoms with Crippen molar-refractivity contribution in [2.24, 2.45) is 5.92 Å². The molecule has 2 aliphatic rings. The Bertz CT molecular complexity index is 983. The lowest BCUT2D eigenvalue weighted by molar-refractivity contribution is 0.0859. The summed E-state index contributed by atoms with van der Waals surface area (Å²) in [7, 11) is 4.68. The van der Waals surface area contributed by atoms with Gasteiger partial charge in [0.15, 0.2) is 11.5 Å². The average molecular weight is 516 g/mol. The maximum Gasteiger partial charge on any atom is 0.319 e. The number of carbonyl (C=O) groups excluding carboxylic acids is 1. The van der Waals surface area contributed by atoms with Crippen molar-refractivity contribution < 1.29 is 19.0 Å². The first-order valence-corrected chi connectivity index (χ1v) is 13.2. The molecule has 0 bridgehead atoms. The molecule has 1 aliphatic heterocycles. The normalized spacial score (nSPS) is 21.0. The summed E-state index contributed by atoms with van der Waals surface area (Å²) in [5.74, 6) is 2.20. The van der Waals surface area contributed by atoms with Crippen molar-refractivity contribution in [3.63, 3.8) is 0 Å². The van der Waals surface area contributed by atoms with E-state index in [9.17, 15) is 4.79 Å². The molecule has 2 amide bonds. The van der Waals surface area contributed by atoms with Gasteiger partial charge in [-0.3, -0.25) is 4.90 Å². The minimum absolute atomic E-state index is 0.133. The molecule has 2 N–H and O–H groups in total. The van der Waals surface area contributed by atoms with Gasteiger partial charge in [-0.05, 0) is 68.8 Å². The maximum atomic E-state index is 13.0. The number of anilines is 1. The first-order valence-electron chi connectivity index (χ1n) is 12.9. The summed E-state index contributed by atoms with van der Waals surface area (Å²) in [6.07, 6.45) is 7.94. The fourth-order valence-electron chi connectivity index (χ4n) is 5.65. The van der Waals surface area contributed by atoms with Crippen LogP contribution in [0.25, 0.3) is 0 Å². The van der Waals surface area contributed by atoms with Gasteiger partial charge in [-0.1, -0.05) is 36.6 Å². The number of hydrogen-bond donors (Lipinski definition) is 2. The van der Waals surface area contributed by atoms with Crippen LogP contribution in [0, 0.1) is 5.92 Å². The number of ether oxygens (including phenoxy) is 3. The van der Waals surface area contributed by atoms with Gasteiger partial charge in [-0.2, -0.15) is 0 Å². The van der Waals surface area contributed by atoms with Crippen LogP contribution < -0.4 is 24.8 Å². The Morgan fingerprint density at radius 2 is 1.58 bits per heavy atom. The number of rotatable bonds is 8. The summed E-state index contributed by atoms with van der Waals surface area (Å²) >= 11 is 6.04. The molecule has 2 aromatic rings. The molecule has 1 aliphatic carbocycles. The number of amides is 2. The predicted octanol–water partition coefficient (Wildman–Crippen LogP) is 5.75. The lowest BCUT2D eigenvalue weighted by Crippen LogP contribution is -2.55. The highest BCUT2D eigenvalue weighted by Crippen LogP contribution is 2.40. The number of carbonyl (C=O) groups is 1. The van der Waals surface area contributed by atoms with E-state index in [0.717, 1.165) is 43.8 Å². The molecule has 2 fully saturated rings. The van der Waals surface area contributed by atoms with Crippen molar-refractivity contribution in [2.75, 3.05) is 39.7 Å². The molecular formula is C28H38ClN3O4. The molecule has 1 saturated heterocycles. The van der Waals surface area contributed by atoms with E-state index >= 15 is 0 Å². The number of methoxy groups -OCH3 is 3. The van der Waals surface area contributed by atoms with E-state index in [2.05, 4.69) is 27.7 Å². The quantitative estimate of drug-likeness (QED) is 0.468. The van der Waals surface area contributed by atoms with Gasteiger partial charge in [-0.15, -0.1) is 0 Å². The molecule has 196 valence electrons. The zero-order chi connectivity index (χ0) is 25.5. The van der Waals surface area contributed by atoms with Crippen LogP contribution in [0.1, 0.15) is 44.1 Å². The van der Waals surface area contributed by atoms with Gasteiger partial charge < -0.3 is 24.8 Å². The van der Waals surface area contributed by atoms with Gasteiger partial charge in [-0.25, -0.2) is 4.79 Å². The van der Waals surface area contributed by atoms with Crippen LogP contribution in [0.3, 0.4) is 0 Å². The third-order valence-electron chi connectivity index (χ3n) is 7.52. The topological polar surface area (TPSA) is 72.1 Å². The molecule has 0 aromatic heterocycles. The Labute approximate surface area is 219 Å². The first kappa shape index (κ1) is 26.4. The van der Waals surface area contributed by atoms with Crippen LogP contribution in [0.5, 0.6) is 17.2 Å². The molecule has 0 radical (unpaired) electrons. The van der Waals surface area contributed by atoms with Gasteiger partial charge in [0, 0.05) is 29.2 Å². The second-order valence-corrected chi connectivity index (χ2v) is 10.2. The van der Waals surface area contributed by atoms with Gasteiger partial charge >= 0.3 is 6.03 Å². The van der Waals surface area contributed by atoms with Gasteiger partial charge in [0.2, 0.25) is 5.75 Å². The molecule has 8 heteroatoms. The van der Waals surface area contributed by atoms with E-state index in [-0.39, 0.29) is 12.1 Å². The number of nitrogens with zero attached hydrogens (tertiary/aromatic N) is 1. The Hall–Kier alpha value is -2.64. The van der Waals surface area contributed by atoms with Crippen LogP contribution in [0.4, 0.5) is 10.5 Å². The fourth-order valence-corrected chi connectivity index (χ4v) is 5.77. The van der Waals surface area contributed by atoms with E-state index in [4.69, 9.17) is 25.8 Å². The van der Waals surface area contributed by atoms with Gasteiger partial charge in [0.1, 0.15) is 0 Å². The lowest BCUT2D eigenvalue weighted by Gasteiger charge is -2.43. The molecule has 0 unspecified atom stereocenters. The number of likely N-dealkylation sites (tertiary alicyclic amines) is 1. The highest BCUT2D eigenvalue weighted by atomic mass is 35.5. The van der Waals surface area contributed by atoms with Crippen LogP contribution >= 0.6 is 11.6 Å². The van der Waals surface area contributed by atoms with Crippen molar-refractivity contribution in [3.05, 3.63) is 47.0 Å². The second-order valence-electron chi connectivity index (χ2n) is 9.78. The van der Waals surface area contributed by atoms with Crippen molar-refractivity contribution in [2.45, 2.75) is 57.0 Å². The van der Waals surface area contributed by atoms with Crippen LogP contribution in [-0.4, -0.2) is 57.4 Å². The number of hydrogen-bond acceptors (Lipinski definition) is 5. The Morgan fingerprint density at radius 1 is 0.944 bits per heavy atom. The van der Waals surface area contributed by atoms with Crippen LogP contribution in [-0.2, 0) is 6.42 Å². The van der Waals surface area contributed by atoms with Crippen molar-refractivity contribution in [3.8, 4) is 17.2 Å². The average Bonchev–Trinajstić information content (AvgIpc) is 2.90. The lowest BCUT2D eigenvalue weighted by atomic mass is 9.85. The zero-order valence-corrected chi connectivity index (χ0v) is 22.3. The molecular weight excluding hydrogens is 478 g/mol. The van der Waals surface area contributed by atoms with Crippen LogP contribution in [0.15, 0.2) is 36.4 Å². The van der Waals surface area contributed by atoms with E-state index in [1.807, 2.05) is 12.1 Å². The summed E-state index contributed by atoms with van der Waals surface area (Å²) in [6.45, 7) is 2.16. The highest BCUT2D eigenvalue weighted by Gasteiger charge is 2.33. The number of halogens is 1. The van der Waals surface area contributed by atoms with E-state index in [1.165, 1.54) is 24.8 Å². The van der Waals surface area contributed by atoms with Crippen LogP contribution in [0.2, 0.25) is 5.02 Å². The molecule has 36 heavy (non-hydrogen) atoms. The molecule has 1 heterocycles. The maximum absolute atomic E-state index is 13.0. The summed E-state index contributed by atoms with van der Waals surface area (Å²) in [6, 6.07) is 12.0. The zero-order valence-electron chi connectivity index (χ0n) is 21.5. The predicted molar refractivity (Wildman–Crippen MR) is 144 cm³/mol. The largest absolute Gasteiger partial charge is 0.493 e. The summed E-state index contributed by atoms with van der Waals surface area (Å²) in [4.78, 5) is 15.6. The second kappa shape index (κ2) is 12.5. The standard InChI is InChI=1S/C28H38ClN3O4/c1-34-25-17-22(18-26(35-2)27(25)36-3)30-28(33)31-23-6-4-5-7-24(23)32-14-12-20(13-15-32)16-19-8-10-21(29)11-9-19/h8-11,17-18,20,23-24H,4-7,12-16H2,1-3H3,(H2,30,31,33)/t23-,24+/m1/s1.